The van der Waals surface area contributed by atoms with Crippen LogP contribution in [0.4, 0.5) is 17.1 Å². The van der Waals surface area contributed by atoms with Crippen molar-refractivity contribution in [2.45, 2.75) is 12.8 Å². The van der Waals surface area contributed by atoms with E-state index in [1.807, 2.05) is 84.9 Å². The number of aromatic nitrogens is 3. The minimum atomic E-state index is 0.674. The number of fused-ring (bicyclic) bond motifs is 5. The van der Waals surface area contributed by atoms with E-state index in [9.17, 15) is 0 Å². The van der Waals surface area contributed by atoms with Crippen LogP contribution in [0.5, 0.6) is 11.5 Å². The van der Waals surface area contributed by atoms with Gasteiger partial charge >= 0.3 is 0 Å². The first kappa shape index (κ1) is 28.4. The molecule has 0 saturated carbocycles. The zero-order valence-corrected chi connectivity index (χ0v) is 27.1. The number of rotatable bonds is 4. The smallest absolute Gasteiger partial charge is 0.164 e. The maximum Gasteiger partial charge on any atom is 0.164 e. The van der Waals surface area contributed by atoms with Gasteiger partial charge in [-0.05, 0) is 88.3 Å². The molecule has 2 aliphatic rings. The first-order chi connectivity index (χ1) is 24.7. The quantitative estimate of drug-likeness (QED) is 0.191. The molecule has 0 atom stereocenters. The average molecular weight is 643 g/mol. The fourth-order valence-electron chi connectivity index (χ4n) is 7.28. The number of hydrogen-bond donors (Lipinski definition) is 0. The SMILES string of the molecule is c1ccc(-c2nc(-c3ccccc3)nc(-c3ccc4c(c3)Cc3cc5ccc(N6c7ccccc7Oc7ccccc76)cc5cc3C4)n2)cc1. The summed E-state index contributed by atoms with van der Waals surface area (Å²) in [5.41, 5.74) is 11.5. The van der Waals surface area contributed by atoms with Gasteiger partial charge in [0.1, 0.15) is 0 Å². The van der Waals surface area contributed by atoms with Crippen LogP contribution >= 0.6 is 0 Å². The van der Waals surface area contributed by atoms with Gasteiger partial charge in [-0.1, -0.05) is 115 Å². The van der Waals surface area contributed by atoms with Crippen LogP contribution in [0.2, 0.25) is 0 Å². The van der Waals surface area contributed by atoms with Gasteiger partial charge in [0.05, 0.1) is 11.4 Å². The van der Waals surface area contributed by atoms with Crippen LogP contribution < -0.4 is 9.64 Å². The Morgan fingerprint density at radius 3 is 1.56 bits per heavy atom. The molecular weight excluding hydrogens is 613 g/mol. The number of para-hydroxylation sites is 4. The highest BCUT2D eigenvalue weighted by molar-refractivity contribution is 5.93. The van der Waals surface area contributed by atoms with Crippen molar-refractivity contribution >= 4 is 27.8 Å². The molecule has 8 aromatic rings. The second-order valence-electron chi connectivity index (χ2n) is 12.9. The Bertz CT molecular complexity index is 2480. The Hall–Kier alpha value is -6.59. The minimum Gasteiger partial charge on any atom is -0.453 e. The van der Waals surface area contributed by atoms with Gasteiger partial charge < -0.3 is 9.64 Å². The summed E-state index contributed by atoms with van der Waals surface area (Å²) in [7, 11) is 0. The normalized spacial score (nSPS) is 12.8. The third-order valence-corrected chi connectivity index (χ3v) is 9.76. The first-order valence-corrected chi connectivity index (χ1v) is 16.9. The van der Waals surface area contributed by atoms with Gasteiger partial charge in [-0.3, -0.25) is 0 Å². The van der Waals surface area contributed by atoms with Crippen LogP contribution in [-0.4, -0.2) is 15.0 Å². The van der Waals surface area contributed by atoms with Gasteiger partial charge in [-0.25, -0.2) is 15.0 Å². The summed E-state index contributed by atoms with van der Waals surface area (Å²) in [5, 5.41) is 2.47. The molecular formula is C45H30N4O. The van der Waals surface area contributed by atoms with Crippen LogP contribution in [0.3, 0.4) is 0 Å². The van der Waals surface area contributed by atoms with Crippen molar-refractivity contribution in [3.63, 3.8) is 0 Å². The number of ether oxygens (including phenoxy) is 1. The molecule has 2 heterocycles. The Balaban J connectivity index is 1.01. The second-order valence-corrected chi connectivity index (χ2v) is 12.9. The zero-order chi connectivity index (χ0) is 33.0. The molecule has 0 fully saturated rings. The summed E-state index contributed by atoms with van der Waals surface area (Å²) in [4.78, 5) is 17.1. The van der Waals surface area contributed by atoms with E-state index in [0.717, 1.165) is 58.1 Å². The summed E-state index contributed by atoms with van der Waals surface area (Å²) in [6, 6.07) is 55.0. The van der Waals surface area contributed by atoms with Gasteiger partial charge in [0.25, 0.3) is 0 Å². The second kappa shape index (κ2) is 11.5. The van der Waals surface area contributed by atoms with E-state index in [4.69, 9.17) is 19.7 Å². The Kier molecular flexibility index (Phi) is 6.56. The molecule has 0 radical (unpaired) electrons. The highest BCUT2D eigenvalue weighted by atomic mass is 16.5. The van der Waals surface area contributed by atoms with Crippen molar-refractivity contribution in [3.8, 4) is 45.7 Å². The van der Waals surface area contributed by atoms with Crippen molar-refractivity contribution < 1.29 is 4.74 Å². The van der Waals surface area contributed by atoms with Gasteiger partial charge in [0.2, 0.25) is 0 Å². The maximum absolute atomic E-state index is 6.26. The lowest BCUT2D eigenvalue weighted by Gasteiger charge is -2.33. The van der Waals surface area contributed by atoms with Crippen molar-refractivity contribution in [2.24, 2.45) is 0 Å². The highest BCUT2D eigenvalue weighted by Crippen LogP contribution is 2.50. The van der Waals surface area contributed by atoms with Crippen LogP contribution in [0.25, 0.3) is 44.9 Å². The number of hydrogen-bond acceptors (Lipinski definition) is 5. The van der Waals surface area contributed by atoms with E-state index in [0.29, 0.717) is 17.5 Å². The molecule has 0 saturated heterocycles. The first-order valence-electron chi connectivity index (χ1n) is 16.9. The Labute approximate surface area is 290 Å². The minimum absolute atomic E-state index is 0.674. The van der Waals surface area contributed by atoms with Gasteiger partial charge in [-0.15, -0.1) is 0 Å². The molecule has 1 aromatic heterocycles. The van der Waals surface area contributed by atoms with Crippen LogP contribution in [0.1, 0.15) is 22.3 Å². The standard InChI is InChI=1S/C45H30N4O/c1-3-11-29(12-4-1)43-46-44(30-13-5-2-6-14-30)48-45(47-43)33-20-19-31-23-36-27-37-28-38(22-21-32(37)24-35(36)26-34(31)25-33)49-39-15-7-9-17-41(39)50-42-18-10-8-16-40(42)49/h1-22,24-25,27-28H,23,26H2. The van der Waals surface area contributed by atoms with Crippen molar-refractivity contribution in [1.82, 2.24) is 15.0 Å². The monoisotopic (exact) mass is 642 g/mol. The molecule has 50 heavy (non-hydrogen) atoms. The number of nitrogens with zero attached hydrogens (tertiary/aromatic N) is 4. The van der Waals surface area contributed by atoms with Crippen molar-refractivity contribution in [1.29, 1.82) is 0 Å². The number of anilines is 3. The third-order valence-electron chi connectivity index (χ3n) is 9.76. The third kappa shape index (κ3) is 4.91. The number of benzene rings is 7. The van der Waals surface area contributed by atoms with E-state index >= 15 is 0 Å². The molecule has 0 unspecified atom stereocenters. The fourth-order valence-corrected chi connectivity index (χ4v) is 7.28. The Morgan fingerprint density at radius 1 is 0.400 bits per heavy atom. The maximum atomic E-state index is 6.26. The summed E-state index contributed by atoms with van der Waals surface area (Å²) in [6.45, 7) is 0. The van der Waals surface area contributed by atoms with Gasteiger partial charge in [0.15, 0.2) is 29.0 Å². The average Bonchev–Trinajstić information content (AvgIpc) is 3.18. The topological polar surface area (TPSA) is 51.1 Å². The predicted molar refractivity (Wildman–Crippen MR) is 200 cm³/mol. The van der Waals surface area contributed by atoms with Crippen LogP contribution in [-0.2, 0) is 12.8 Å². The van der Waals surface area contributed by atoms with E-state index in [1.165, 1.54) is 33.0 Å². The Morgan fingerprint density at radius 2 is 0.920 bits per heavy atom. The lowest BCUT2D eigenvalue weighted by Crippen LogP contribution is -2.15. The lowest BCUT2D eigenvalue weighted by atomic mass is 9.83. The zero-order valence-electron chi connectivity index (χ0n) is 27.1. The summed E-state index contributed by atoms with van der Waals surface area (Å²) in [6.07, 6.45) is 1.75. The molecule has 5 heteroatoms. The molecule has 10 rings (SSSR count). The van der Waals surface area contributed by atoms with Gasteiger partial charge in [0, 0.05) is 22.4 Å². The lowest BCUT2D eigenvalue weighted by molar-refractivity contribution is 0.477. The summed E-state index contributed by atoms with van der Waals surface area (Å²) >= 11 is 0. The predicted octanol–water partition coefficient (Wildman–Crippen LogP) is 11.1. The molecule has 0 bridgehead atoms. The van der Waals surface area contributed by atoms with E-state index in [2.05, 4.69) is 77.7 Å². The molecule has 1 aliphatic heterocycles. The van der Waals surface area contributed by atoms with E-state index in [1.54, 1.807) is 0 Å². The highest BCUT2D eigenvalue weighted by Gasteiger charge is 2.26. The molecule has 0 amide bonds. The molecule has 5 nitrogen and oxygen atoms in total. The summed E-state index contributed by atoms with van der Waals surface area (Å²) < 4.78 is 6.26. The molecule has 236 valence electrons. The molecule has 0 spiro atoms. The molecule has 1 aliphatic carbocycles. The van der Waals surface area contributed by atoms with E-state index < -0.39 is 0 Å². The molecule has 7 aromatic carbocycles. The van der Waals surface area contributed by atoms with E-state index in [-0.39, 0.29) is 0 Å². The summed E-state index contributed by atoms with van der Waals surface area (Å²) in [5.74, 6) is 3.75. The van der Waals surface area contributed by atoms with Crippen molar-refractivity contribution in [2.75, 3.05) is 4.90 Å². The fraction of sp³-hybridized carbons (Fsp3) is 0.0444. The van der Waals surface area contributed by atoms with Gasteiger partial charge in [-0.2, -0.15) is 0 Å². The van der Waals surface area contributed by atoms with Crippen LogP contribution in [0, 0.1) is 0 Å². The van der Waals surface area contributed by atoms with Crippen molar-refractivity contribution in [3.05, 3.63) is 180 Å². The largest absolute Gasteiger partial charge is 0.453 e. The molecule has 0 N–H and O–H groups in total. The van der Waals surface area contributed by atoms with Crippen LogP contribution in [0.15, 0.2) is 158 Å².